The van der Waals surface area contributed by atoms with Crippen molar-refractivity contribution in [3.05, 3.63) is 52.9 Å². The summed E-state index contributed by atoms with van der Waals surface area (Å²) in [6.45, 7) is 7.24. The Morgan fingerprint density at radius 2 is 2.12 bits per heavy atom. The summed E-state index contributed by atoms with van der Waals surface area (Å²) < 4.78 is 10.8. The number of amides is 1. The topological polar surface area (TPSA) is 67.6 Å². The van der Waals surface area contributed by atoms with Crippen LogP contribution in [0.3, 0.4) is 0 Å². The van der Waals surface area contributed by atoms with Gasteiger partial charge in [0.25, 0.3) is 0 Å². The molecule has 1 saturated heterocycles. The fourth-order valence-electron chi connectivity index (χ4n) is 3.13. The number of aryl methyl sites for hydroxylation is 2. The molecule has 1 aromatic carbocycles. The molecule has 0 radical (unpaired) electrons. The predicted octanol–water partition coefficient (Wildman–Crippen LogP) is 1.85. The molecule has 1 N–H and O–H groups in total. The predicted molar refractivity (Wildman–Crippen MR) is 94.1 cm³/mol. The van der Waals surface area contributed by atoms with E-state index in [0.29, 0.717) is 26.1 Å². The normalized spacial score (nSPS) is 18.2. The maximum Gasteiger partial charge on any atom is 0.250 e. The Morgan fingerprint density at radius 1 is 1.32 bits per heavy atom. The highest BCUT2D eigenvalue weighted by Gasteiger charge is 2.26. The Morgan fingerprint density at radius 3 is 2.84 bits per heavy atom. The van der Waals surface area contributed by atoms with E-state index in [2.05, 4.69) is 27.5 Å². The molecular formula is C19H25N3O3. The quantitative estimate of drug-likeness (QED) is 0.867. The lowest BCUT2D eigenvalue weighted by atomic mass is 10.1. The lowest BCUT2D eigenvalue weighted by molar-refractivity contribution is -0.138. The average Bonchev–Trinajstić information content (AvgIpc) is 2.95. The molecule has 0 spiro atoms. The average molecular weight is 343 g/mol. The molecule has 0 aliphatic carbocycles. The molecule has 6 nitrogen and oxygen atoms in total. The van der Waals surface area contributed by atoms with Gasteiger partial charge in [-0.2, -0.15) is 0 Å². The van der Waals surface area contributed by atoms with Crippen LogP contribution in [0.1, 0.15) is 22.6 Å². The zero-order chi connectivity index (χ0) is 17.6. The number of rotatable bonds is 6. The fourth-order valence-corrected chi connectivity index (χ4v) is 3.13. The van der Waals surface area contributed by atoms with Crippen LogP contribution in [0, 0.1) is 13.8 Å². The number of carbonyl (C=O) groups is 1. The Hall–Kier alpha value is -2.18. The molecule has 0 saturated carbocycles. The number of hydrogen-bond acceptors (Lipinski definition) is 5. The summed E-state index contributed by atoms with van der Waals surface area (Å²) in [6, 6.07) is 10.3. The molecule has 1 atom stereocenters. The highest BCUT2D eigenvalue weighted by atomic mass is 16.5. The van der Waals surface area contributed by atoms with E-state index in [0.717, 1.165) is 30.1 Å². The summed E-state index contributed by atoms with van der Waals surface area (Å²) in [7, 11) is 0. The van der Waals surface area contributed by atoms with E-state index in [4.69, 9.17) is 9.26 Å². The van der Waals surface area contributed by atoms with Gasteiger partial charge >= 0.3 is 0 Å². The van der Waals surface area contributed by atoms with Crippen molar-refractivity contribution in [2.75, 3.05) is 26.2 Å². The number of hydrogen-bond donors (Lipinski definition) is 1. The van der Waals surface area contributed by atoms with Gasteiger partial charge in [-0.15, -0.1) is 0 Å². The van der Waals surface area contributed by atoms with Crippen LogP contribution < -0.4 is 5.32 Å². The Kier molecular flexibility index (Phi) is 5.83. The van der Waals surface area contributed by atoms with Crippen molar-refractivity contribution in [3.8, 4) is 0 Å². The van der Waals surface area contributed by atoms with E-state index < -0.39 is 6.10 Å². The first-order valence-electron chi connectivity index (χ1n) is 8.71. The Balaban J connectivity index is 1.47. The van der Waals surface area contributed by atoms with E-state index in [1.807, 2.05) is 32.0 Å². The van der Waals surface area contributed by atoms with Crippen molar-refractivity contribution in [1.29, 1.82) is 0 Å². The maximum atomic E-state index is 12.4. The molecule has 2 aromatic rings. The number of carbonyl (C=O) groups excluding carboxylic acids is 1. The Bertz CT molecular complexity index is 680. The summed E-state index contributed by atoms with van der Waals surface area (Å²) in [6.07, 6.45) is 0.301. The first-order valence-corrected chi connectivity index (χ1v) is 8.71. The first kappa shape index (κ1) is 17.6. The summed E-state index contributed by atoms with van der Waals surface area (Å²) in [5.41, 5.74) is 3.20. The van der Waals surface area contributed by atoms with E-state index >= 15 is 0 Å². The van der Waals surface area contributed by atoms with E-state index in [-0.39, 0.29) is 5.91 Å². The van der Waals surface area contributed by atoms with Gasteiger partial charge in [-0.3, -0.25) is 9.69 Å². The molecule has 134 valence electrons. The van der Waals surface area contributed by atoms with Crippen molar-refractivity contribution in [2.45, 2.75) is 32.9 Å². The van der Waals surface area contributed by atoms with Crippen molar-refractivity contribution in [2.24, 2.45) is 0 Å². The van der Waals surface area contributed by atoms with Crippen LogP contribution in [0.25, 0.3) is 0 Å². The second-order valence-corrected chi connectivity index (χ2v) is 6.42. The molecule has 1 unspecified atom stereocenters. The lowest BCUT2D eigenvalue weighted by Crippen LogP contribution is -2.49. The van der Waals surface area contributed by atoms with Gasteiger partial charge < -0.3 is 14.6 Å². The van der Waals surface area contributed by atoms with Gasteiger partial charge in [0.1, 0.15) is 11.9 Å². The lowest BCUT2D eigenvalue weighted by Gasteiger charge is -2.32. The van der Waals surface area contributed by atoms with Crippen molar-refractivity contribution < 1.29 is 14.1 Å². The molecular weight excluding hydrogens is 318 g/mol. The minimum atomic E-state index is -0.415. The van der Waals surface area contributed by atoms with E-state index in [9.17, 15) is 4.79 Å². The fraction of sp³-hybridized carbons (Fsp3) is 0.474. The SMILES string of the molecule is Cc1noc(C)c1CCNC(=O)C1CN(Cc2ccccc2)CCO1. The third kappa shape index (κ3) is 4.67. The summed E-state index contributed by atoms with van der Waals surface area (Å²) in [4.78, 5) is 14.7. The second-order valence-electron chi connectivity index (χ2n) is 6.42. The van der Waals surface area contributed by atoms with Crippen LogP contribution in [0.2, 0.25) is 0 Å². The number of ether oxygens (including phenoxy) is 1. The van der Waals surface area contributed by atoms with E-state index in [1.165, 1.54) is 5.56 Å². The molecule has 1 aromatic heterocycles. The number of nitrogens with one attached hydrogen (secondary N) is 1. The summed E-state index contributed by atoms with van der Waals surface area (Å²) in [5.74, 6) is 0.763. The summed E-state index contributed by atoms with van der Waals surface area (Å²) >= 11 is 0. The number of morpholine rings is 1. The first-order chi connectivity index (χ1) is 12.1. The van der Waals surface area contributed by atoms with Crippen LogP contribution in [0.5, 0.6) is 0 Å². The minimum Gasteiger partial charge on any atom is -0.366 e. The van der Waals surface area contributed by atoms with Gasteiger partial charge in [-0.1, -0.05) is 35.5 Å². The summed E-state index contributed by atoms with van der Waals surface area (Å²) in [5, 5.41) is 6.90. The van der Waals surface area contributed by atoms with Gasteiger partial charge in [-0.05, 0) is 25.8 Å². The molecule has 1 fully saturated rings. The third-order valence-electron chi connectivity index (χ3n) is 4.55. The van der Waals surface area contributed by atoms with Crippen molar-refractivity contribution in [1.82, 2.24) is 15.4 Å². The van der Waals surface area contributed by atoms with Gasteiger partial charge in [0.05, 0.1) is 12.3 Å². The largest absolute Gasteiger partial charge is 0.366 e. The van der Waals surface area contributed by atoms with Crippen LogP contribution in [-0.4, -0.2) is 48.3 Å². The molecule has 25 heavy (non-hydrogen) atoms. The van der Waals surface area contributed by atoms with Gasteiger partial charge in [0, 0.05) is 31.7 Å². The third-order valence-corrected chi connectivity index (χ3v) is 4.55. The molecule has 6 heteroatoms. The Labute approximate surface area is 148 Å². The number of benzene rings is 1. The van der Waals surface area contributed by atoms with Gasteiger partial charge in [0.15, 0.2) is 0 Å². The standard InChI is InChI=1S/C19H25N3O3/c1-14-17(15(2)25-21-14)8-9-20-19(23)18-13-22(10-11-24-18)12-16-6-4-3-5-7-16/h3-7,18H,8-13H2,1-2H3,(H,20,23). The van der Waals surface area contributed by atoms with Crippen molar-refractivity contribution in [3.63, 3.8) is 0 Å². The van der Waals surface area contributed by atoms with Gasteiger partial charge in [0.2, 0.25) is 5.91 Å². The van der Waals surface area contributed by atoms with Crippen LogP contribution in [0.15, 0.2) is 34.9 Å². The van der Waals surface area contributed by atoms with Crippen LogP contribution >= 0.6 is 0 Å². The highest BCUT2D eigenvalue weighted by Crippen LogP contribution is 2.13. The zero-order valence-electron chi connectivity index (χ0n) is 14.8. The van der Waals surface area contributed by atoms with Crippen LogP contribution in [0.4, 0.5) is 0 Å². The van der Waals surface area contributed by atoms with Crippen LogP contribution in [-0.2, 0) is 22.5 Å². The number of nitrogens with zero attached hydrogens (tertiary/aromatic N) is 2. The molecule has 1 aliphatic heterocycles. The molecule has 1 amide bonds. The van der Waals surface area contributed by atoms with Crippen molar-refractivity contribution >= 4 is 5.91 Å². The van der Waals surface area contributed by atoms with E-state index in [1.54, 1.807) is 0 Å². The monoisotopic (exact) mass is 343 g/mol. The molecule has 1 aliphatic rings. The number of aromatic nitrogens is 1. The molecule has 0 bridgehead atoms. The zero-order valence-corrected chi connectivity index (χ0v) is 14.8. The second kappa shape index (κ2) is 8.27. The smallest absolute Gasteiger partial charge is 0.250 e. The highest BCUT2D eigenvalue weighted by molar-refractivity contribution is 5.81. The maximum absolute atomic E-state index is 12.4. The molecule has 2 heterocycles. The molecule has 3 rings (SSSR count). The minimum absolute atomic E-state index is 0.0514. The van der Waals surface area contributed by atoms with Gasteiger partial charge in [-0.25, -0.2) is 0 Å².